The normalized spacial score (nSPS) is 17.9. The van der Waals surface area contributed by atoms with Crippen LogP contribution in [-0.4, -0.2) is 55.4 Å². The lowest BCUT2D eigenvalue weighted by Crippen LogP contribution is -2.46. The summed E-state index contributed by atoms with van der Waals surface area (Å²) in [7, 11) is 2.09. The summed E-state index contributed by atoms with van der Waals surface area (Å²) in [6.07, 6.45) is 0. The molecular weight excluding hydrogens is 271 g/mol. The van der Waals surface area contributed by atoms with Crippen molar-refractivity contribution in [1.29, 1.82) is 0 Å². The van der Waals surface area contributed by atoms with Gasteiger partial charge in [0.2, 0.25) is 0 Å². The van der Waals surface area contributed by atoms with Gasteiger partial charge >= 0.3 is 0 Å². The lowest BCUT2D eigenvalue weighted by atomic mass is 10.1. The van der Waals surface area contributed by atoms with E-state index in [-0.39, 0.29) is 5.78 Å². The number of nitrogens with zero attached hydrogens (tertiary/aromatic N) is 2. The molecule has 0 saturated carbocycles. The van der Waals surface area contributed by atoms with Crippen LogP contribution in [0.1, 0.15) is 10.4 Å². The summed E-state index contributed by atoms with van der Waals surface area (Å²) in [6, 6.07) is 5.18. The van der Waals surface area contributed by atoms with E-state index in [2.05, 4.69) is 16.8 Å². The largest absolute Gasteiger partial charge is 0.304 e. The fraction of sp³-hybridized carbons (Fsp3) is 0.462. The molecule has 1 aliphatic rings. The number of rotatable bonds is 3. The second-order valence-corrected chi connectivity index (χ2v) is 5.39. The van der Waals surface area contributed by atoms with Crippen molar-refractivity contribution in [1.82, 2.24) is 9.80 Å². The van der Waals surface area contributed by atoms with Crippen LogP contribution in [0.4, 0.5) is 0 Å². The minimum absolute atomic E-state index is 0.0343. The van der Waals surface area contributed by atoms with Gasteiger partial charge in [-0.1, -0.05) is 29.3 Å². The summed E-state index contributed by atoms with van der Waals surface area (Å²) in [4.78, 5) is 16.6. The Labute approximate surface area is 117 Å². The molecule has 0 aliphatic carbocycles. The molecule has 3 nitrogen and oxygen atoms in total. The van der Waals surface area contributed by atoms with E-state index in [1.807, 2.05) is 0 Å². The Bertz CT molecular complexity index is 443. The number of benzene rings is 1. The molecule has 1 fully saturated rings. The molecule has 0 spiro atoms. The van der Waals surface area contributed by atoms with Crippen molar-refractivity contribution in [3.8, 4) is 0 Å². The van der Waals surface area contributed by atoms with Gasteiger partial charge in [-0.15, -0.1) is 0 Å². The predicted octanol–water partition coefficient (Wildman–Crippen LogP) is 2.42. The van der Waals surface area contributed by atoms with Crippen LogP contribution >= 0.6 is 23.2 Å². The average molecular weight is 287 g/mol. The third kappa shape index (κ3) is 3.23. The molecule has 1 aromatic carbocycles. The molecular formula is C13H16Cl2N2O. The molecule has 1 aliphatic heterocycles. The van der Waals surface area contributed by atoms with E-state index in [1.165, 1.54) is 0 Å². The van der Waals surface area contributed by atoms with E-state index >= 15 is 0 Å². The summed E-state index contributed by atoms with van der Waals surface area (Å²) < 4.78 is 0. The van der Waals surface area contributed by atoms with Gasteiger partial charge in [0.15, 0.2) is 5.78 Å². The summed E-state index contributed by atoms with van der Waals surface area (Å²) in [6.45, 7) is 4.24. The van der Waals surface area contributed by atoms with Gasteiger partial charge in [-0.25, -0.2) is 0 Å². The third-order valence-corrected chi connectivity index (χ3v) is 4.03. The number of hydrogen-bond donors (Lipinski definition) is 0. The highest BCUT2D eigenvalue weighted by molar-refractivity contribution is 6.43. The van der Waals surface area contributed by atoms with Gasteiger partial charge < -0.3 is 4.90 Å². The van der Waals surface area contributed by atoms with E-state index < -0.39 is 0 Å². The number of carbonyl (C=O) groups is 1. The number of Topliss-reactive ketones (excluding diaryl/α,β-unsaturated/α-hetero) is 1. The Morgan fingerprint density at radius 2 is 1.89 bits per heavy atom. The Balaban J connectivity index is 2.01. The Morgan fingerprint density at radius 1 is 1.22 bits per heavy atom. The number of piperazine rings is 1. The van der Waals surface area contributed by atoms with E-state index in [0.29, 0.717) is 22.2 Å². The zero-order chi connectivity index (χ0) is 13.1. The quantitative estimate of drug-likeness (QED) is 0.798. The lowest BCUT2D eigenvalue weighted by molar-refractivity contribution is 0.0876. The summed E-state index contributed by atoms with van der Waals surface area (Å²) >= 11 is 12.0. The molecule has 0 unspecified atom stereocenters. The average Bonchev–Trinajstić information content (AvgIpc) is 2.35. The van der Waals surface area contributed by atoms with Crippen molar-refractivity contribution in [2.24, 2.45) is 0 Å². The minimum Gasteiger partial charge on any atom is -0.304 e. The van der Waals surface area contributed by atoms with Crippen molar-refractivity contribution in [2.45, 2.75) is 0 Å². The topological polar surface area (TPSA) is 23.6 Å². The first-order chi connectivity index (χ1) is 8.58. The van der Waals surface area contributed by atoms with E-state index in [0.717, 1.165) is 26.2 Å². The third-order valence-electron chi connectivity index (χ3n) is 3.22. The number of halogens is 2. The molecule has 0 aromatic heterocycles. The number of hydrogen-bond acceptors (Lipinski definition) is 3. The SMILES string of the molecule is CN1CCN(CC(=O)c2cccc(Cl)c2Cl)CC1. The first-order valence-corrected chi connectivity index (χ1v) is 6.71. The molecule has 98 valence electrons. The summed E-state index contributed by atoms with van der Waals surface area (Å²) in [5, 5.41) is 0.791. The van der Waals surface area contributed by atoms with Crippen molar-refractivity contribution >= 4 is 29.0 Å². The first kappa shape index (κ1) is 13.8. The van der Waals surface area contributed by atoms with Crippen LogP contribution in [0.3, 0.4) is 0 Å². The molecule has 18 heavy (non-hydrogen) atoms. The van der Waals surface area contributed by atoms with Crippen LogP contribution in [0.5, 0.6) is 0 Å². The van der Waals surface area contributed by atoms with E-state index in [9.17, 15) is 4.79 Å². The summed E-state index contributed by atoms with van der Waals surface area (Å²) in [5.41, 5.74) is 0.517. The minimum atomic E-state index is 0.0343. The monoisotopic (exact) mass is 286 g/mol. The maximum Gasteiger partial charge on any atom is 0.178 e. The van der Waals surface area contributed by atoms with Crippen LogP contribution in [0.25, 0.3) is 0 Å². The van der Waals surface area contributed by atoms with Crippen molar-refractivity contribution in [3.05, 3.63) is 33.8 Å². The summed E-state index contributed by atoms with van der Waals surface area (Å²) in [5.74, 6) is 0.0343. The number of likely N-dealkylation sites (N-methyl/N-ethyl adjacent to an activating group) is 1. The van der Waals surface area contributed by atoms with Gasteiger partial charge in [0.25, 0.3) is 0 Å². The molecule has 5 heteroatoms. The second-order valence-electron chi connectivity index (χ2n) is 4.60. The fourth-order valence-corrected chi connectivity index (χ4v) is 2.42. The van der Waals surface area contributed by atoms with Crippen LogP contribution in [-0.2, 0) is 0 Å². The van der Waals surface area contributed by atoms with E-state index in [4.69, 9.17) is 23.2 Å². The van der Waals surface area contributed by atoms with Crippen molar-refractivity contribution < 1.29 is 4.79 Å². The van der Waals surface area contributed by atoms with E-state index in [1.54, 1.807) is 18.2 Å². The fourth-order valence-electron chi connectivity index (χ4n) is 2.01. The van der Waals surface area contributed by atoms with Crippen LogP contribution in [0.2, 0.25) is 10.0 Å². The predicted molar refractivity (Wildman–Crippen MR) is 74.7 cm³/mol. The Hall–Kier alpha value is -0.610. The molecule has 0 N–H and O–H groups in total. The van der Waals surface area contributed by atoms with Crippen molar-refractivity contribution in [2.75, 3.05) is 39.8 Å². The highest BCUT2D eigenvalue weighted by Gasteiger charge is 2.19. The molecule has 1 saturated heterocycles. The van der Waals surface area contributed by atoms with Gasteiger partial charge in [0, 0.05) is 31.7 Å². The van der Waals surface area contributed by atoms with Crippen LogP contribution in [0, 0.1) is 0 Å². The van der Waals surface area contributed by atoms with Gasteiger partial charge in [-0.2, -0.15) is 0 Å². The molecule has 1 aromatic rings. The van der Waals surface area contributed by atoms with Gasteiger partial charge in [-0.05, 0) is 19.2 Å². The highest BCUT2D eigenvalue weighted by Crippen LogP contribution is 2.26. The molecule has 0 bridgehead atoms. The molecule has 0 radical (unpaired) electrons. The first-order valence-electron chi connectivity index (χ1n) is 5.96. The maximum absolute atomic E-state index is 12.2. The second kappa shape index (κ2) is 6.02. The lowest BCUT2D eigenvalue weighted by Gasteiger charge is -2.31. The Kier molecular flexibility index (Phi) is 4.62. The van der Waals surface area contributed by atoms with Crippen molar-refractivity contribution in [3.63, 3.8) is 0 Å². The zero-order valence-electron chi connectivity index (χ0n) is 10.3. The Morgan fingerprint density at radius 3 is 2.56 bits per heavy atom. The van der Waals surface area contributed by atoms with Gasteiger partial charge in [0.1, 0.15) is 0 Å². The van der Waals surface area contributed by atoms with Gasteiger partial charge in [0.05, 0.1) is 16.6 Å². The standard InChI is InChI=1S/C13H16Cl2N2O/c1-16-5-7-17(8-6-16)9-12(18)10-3-2-4-11(14)13(10)15/h2-4H,5-9H2,1H3. The number of ketones is 1. The zero-order valence-corrected chi connectivity index (χ0v) is 11.8. The smallest absolute Gasteiger partial charge is 0.178 e. The maximum atomic E-state index is 12.2. The molecule has 1 heterocycles. The van der Waals surface area contributed by atoms with Gasteiger partial charge in [-0.3, -0.25) is 9.69 Å². The highest BCUT2D eigenvalue weighted by atomic mass is 35.5. The van der Waals surface area contributed by atoms with Crippen LogP contribution in [0.15, 0.2) is 18.2 Å². The number of carbonyl (C=O) groups excluding carboxylic acids is 1. The molecule has 0 atom stereocenters. The van der Waals surface area contributed by atoms with Crippen LogP contribution < -0.4 is 0 Å². The molecule has 0 amide bonds. The molecule has 2 rings (SSSR count).